The smallest absolute Gasteiger partial charge is 0.180 e. The van der Waals surface area contributed by atoms with E-state index < -0.39 is 0 Å². The van der Waals surface area contributed by atoms with Gasteiger partial charge in [-0.15, -0.1) is 23.7 Å². The van der Waals surface area contributed by atoms with Gasteiger partial charge in [0.25, 0.3) is 0 Å². The van der Waals surface area contributed by atoms with Crippen LogP contribution in [0.15, 0.2) is 36.5 Å². The number of aromatic nitrogens is 1. The van der Waals surface area contributed by atoms with Crippen molar-refractivity contribution in [3.63, 3.8) is 0 Å². The molecule has 0 amide bonds. The fourth-order valence-corrected chi connectivity index (χ4v) is 2.76. The minimum Gasteiger partial charge on any atom is -0.383 e. The molecule has 21 heavy (non-hydrogen) atoms. The third kappa shape index (κ3) is 6.44. The number of benzene rings is 1. The number of nitrogens with two attached hydrogens (primary N) is 1. The number of rotatable bonds is 8. The van der Waals surface area contributed by atoms with Gasteiger partial charge in [0.05, 0.1) is 6.61 Å². The molecule has 4 nitrogen and oxygen atoms in total. The molecule has 0 spiro atoms. The molecule has 1 aromatic heterocycles. The molecule has 0 fully saturated rings. The van der Waals surface area contributed by atoms with E-state index in [1.807, 2.05) is 12.3 Å². The number of anilines is 1. The van der Waals surface area contributed by atoms with E-state index in [0.29, 0.717) is 5.13 Å². The summed E-state index contributed by atoms with van der Waals surface area (Å²) in [5, 5.41) is 0.634. The Hall–Kier alpha value is -1.14. The molecule has 2 N–H and O–H groups in total. The van der Waals surface area contributed by atoms with Crippen LogP contribution in [0.1, 0.15) is 10.4 Å². The third-order valence-electron chi connectivity index (χ3n) is 3.12. The SMILES string of the molecule is COCCN(CCc1ccccc1)Cc1cnc(N)s1.Cl. The molecule has 0 radical (unpaired) electrons. The number of methoxy groups -OCH3 is 1. The monoisotopic (exact) mass is 327 g/mol. The number of hydrogen-bond donors (Lipinski definition) is 1. The Balaban J connectivity index is 0.00000220. The molecule has 0 saturated heterocycles. The first-order valence-corrected chi connectivity index (χ1v) is 7.55. The van der Waals surface area contributed by atoms with Gasteiger partial charge < -0.3 is 10.5 Å². The lowest BCUT2D eigenvalue weighted by Gasteiger charge is -2.21. The maximum absolute atomic E-state index is 5.68. The van der Waals surface area contributed by atoms with Crippen molar-refractivity contribution in [1.82, 2.24) is 9.88 Å². The van der Waals surface area contributed by atoms with Gasteiger partial charge in [0, 0.05) is 37.8 Å². The minimum absolute atomic E-state index is 0. The second-order valence-electron chi connectivity index (χ2n) is 4.67. The summed E-state index contributed by atoms with van der Waals surface area (Å²) >= 11 is 1.56. The Morgan fingerprint density at radius 1 is 1.24 bits per heavy atom. The van der Waals surface area contributed by atoms with Gasteiger partial charge in [-0.05, 0) is 12.0 Å². The molecule has 0 unspecified atom stereocenters. The first kappa shape index (κ1) is 17.9. The standard InChI is InChI=1S/C15H21N3OS.ClH/c1-19-10-9-18(12-14-11-17-15(16)20-14)8-7-13-5-3-2-4-6-13;/h2-6,11H,7-10,12H2,1H3,(H2,16,17);1H. The van der Waals surface area contributed by atoms with Gasteiger partial charge in [0.15, 0.2) is 5.13 Å². The lowest BCUT2D eigenvalue weighted by atomic mass is 10.1. The summed E-state index contributed by atoms with van der Waals surface area (Å²) in [5.41, 5.74) is 7.04. The Bertz CT molecular complexity index is 507. The second kappa shape index (κ2) is 9.73. The van der Waals surface area contributed by atoms with Crippen LogP contribution >= 0.6 is 23.7 Å². The van der Waals surface area contributed by atoms with Crippen LogP contribution in [0.4, 0.5) is 5.13 Å². The molecule has 0 saturated carbocycles. The first-order chi connectivity index (χ1) is 9.78. The van der Waals surface area contributed by atoms with E-state index in [2.05, 4.69) is 34.1 Å². The van der Waals surface area contributed by atoms with Crippen LogP contribution in [0.2, 0.25) is 0 Å². The van der Waals surface area contributed by atoms with Gasteiger partial charge in [-0.25, -0.2) is 4.98 Å². The minimum atomic E-state index is 0. The summed E-state index contributed by atoms with van der Waals surface area (Å²) in [5.74, 6) is 0. The normalized spacial score (nSPS) is 10.6. The zero-order chi connectivity index (χ0) is 14.2. The van der Waals surface area contributed by atoms with Gasteiger partial charge in [-0.1, -0.05) is 30.3 Å². The van der Waals surface area contributed by atoms with Crippen molar-refractivity contribution < 1.29 is 4.74 Å². The molecule has 2 aromatic rings. The average molecular weight is 328 g/mol. The molecule has 1 heterocycles. The average Bonchev–Trinajstić information content (AvgIpc) is 2.88. The van der Waals surface area contributed by atoms with Crippen molar-refractivity contribution in [2.45, 2.75) is 13.0 Å². The van der Waals surface area contributed by atoms with Crippen LogP contribution in [0.25, 0.3) is 0 Å². The van der Waals surface area contributed by atoms with E-state index in [0.717, 1.165) is 32.7 Å². The maximum Gasteiger partial charge on any atom is 0.180 e. The predicted molar refractivity (Wildman–Crippen MR) is 91.1 cm³/mol. The molecular weight excluding hydrogens is 306 g/mol. The van der Waals surface area contributed by atoms with Gasteiger partial charge in [-0.3, -0.25) is 4.90 Å². The van der Waals surface area contributed by atoms with Crippen LogP contribution < -0.4 is 5.73 Å². The Morgan fingerprint density at radius 3 is 2.62 bits per heavy atom. The van der Waals surface area contributed by atoms with Crippen LogP contribution in [0.5, 0.6) is 0 Å². The van der Waals surface area contributed by atoms with Crippen molar-refractivity contribution in [2.75, 3.05) is 32.5 Å². The van der Waals surface area contributed by atoms with Crippen molar-refractivity contribution in [1.29, 1.82) is 0 Å². The van der Waals surface area contributed by atoms with Crippen molar-refractivity contribution in [3.8, 4) is 0 Å². The van der Waals surface area contributed by atoms with E-state index in [9.17, 15) is 0 Å². The fourth-order valence-electron chi connectivity index (χ4n) is 2.04. The van der Waals surface area contributed by atoms with E-state index in [-0.39, 0.29) is 12.4 Å². The Morgan fingerprint density at radius 2 is 2.00 bits per heavy atom. The van der Waals surface area contributed by atoms with Gasteiger partial charge >= 0.3 is 0 Å². The molecule has 0 aliphatic heterocycles. The summed E-state index contributed by atoms with van der Waals surface area (Å²) < 4.78 is 5.19. The van der Waals surface area contributed by atoms with Crippen LogP contribution in [0.3, 0.4) is 0 Å². The van der Waals surface area contributed by atoms with Crippen LogP contribution in [-0.2, 0) is 17.7 Å². The van der Waals surface area contributed by atoms with Gasteiger partial charge in [0.1, 0.15) is 0 Å². The van der Waals surface area contributed by atoms with E-state index >= 15 is 0 Å². The molecule has 116 valence electrons. The Kier molecular flexibility index (Phi) is 8.30. The van der Waals surface area contributed by atoms with Crippen molar-refractivity contribution in [3.05, 3.63) is 47.0 Å². The largest absolute Gasteiger partial charge is 0.383 e. The highest BCUT2D eigenvalue weighted by Gasteiger charge is 2.08. The third-order valence-corrected chi connectivity index (χ3v) is 3.93. The Labute approximate surface area is 136 Å². The zero-order valence-corrected chi connectivity index (χ0v) is 13.8. The molecule has 0 aliphatic carbocycles. The van der Waals surface area contributed by atoms with Crippen LogP contribution in [-0.4, -0.2) is 36.7 Å². The molecule has 0 atom stereocenters. The highest BCUT2D eigenvalue weighted by atomic mass is 35.5. The number of nitrogen functional groups attached to an aromatic ring is 1. The fraction of sp³-hybridized carbons (Fsp3) is 0.400. The molecule has 0 aliphatic rings. The summed E-state index contributed by atoms with van der Waals surface area (Å²) in [4.78, 5) is 7.69. The number of ether oxygens (including phenoxy) is 1. The topological polar surface area (TPSA) is 51.4 Å². The van der Waals surface area contributed by atoms with E-state index in [1.54, 1.807) is 18.4 Å². The zero-order valence-electron chi connectivity index (χ0n) is 12.2. The quantitative estimate of drug-likeness (QED) is 0.810. The number of hydrogen-bond acceptors (Lipinski definition) is 5. The summed E-state index contributed by atoms with van der Waals surface area (Å²) in [6.07, 6.45) is 2.90. The number of nitrogens with zero attached hydrogens (tertiary/aromatic N) is 2. The molecule has 2 rings (SSSR count). The molecular formula is C15H22ClN3OS. The molecule has 1 aromatic carbocycles. The highest BCUT2D eigenvalue weighted by Crippen LogP contribution is 2.16. The summed E-state index contributed by atoms with van der Waals surface area (Å²) in [7, 11) is 1.74. The van der Waals surface area contributed by atoms with E-state index in [4.69, 9.17) is 10.5 Å². The molecule has 6 heteroatoms. The summed E-state index contributed by atoms with van der Waals surface area (Å²) in [6.45, 7) is 3.54. The number of thiazole rings is 1. The second-order valence-corrected chi connectivity index (χ2v) is 5.82. The van der Waals surface area contributed by atoms with E-state index in [1.165, 1.54) is 10.4 Å². The van der Waals surface area contributed by atoms with Crippen molar-refractivity contribution in [2.24, 2.45) is 0 Å². The lowest BCUT2D eigenvalue weighted by Crippen LogP contribution is -2.28. The van der Waals surface area contributed by atoms with Gasteiger partial charge in [0.2, 0.25) is 0 Å². The molecule has 0 bridgehead atoms. The van der Waals surface area contributed by atoms with Crippen LogP contribution in [0, 0.1) is 0 Å². The summed E-state index contributed by atoms with van der Waals surface area (Å²) in [6, 6.07) is 10.5. The number of halogens is 1. The maximum atomic E-state index is 5.68. The van der Waals surface area contributed by atoms with Crippen molar-refractivity contribution >= 4 is 28.9 Å². The lowest BCUT2D eigenvalue weighted by molar-refractivity contribution is 0.145. The predicted octanol–water partition coefficient (Wildman–Crippen LogP) is 2.84. The highest BCUT2D eigenvalue weighted by molar-refractivity contribution is 7.15. The first-order valence-electron chi connectivity index (χ1n) is 6.73. The van der Waals surface area contributed by atoms with Gasteiger partial charge in [-0.2, -0.15) is 0 Å².